The van der Waals surface area contributed by atoms with Crippen LogP contribution >= 0.6 is 15.9 Å². The highest BCUT2D eigenvalue weighted by atomic mass is 79.9. The van der Waals surface area contributed by atoms with Gasteiger partial charge in [-0.2, -0.15) is 5.10 Å². The van der Waals surface area contributed by atoms with Crippen LogP contribution in [0.25, 0.3) is 0 Å². The Morgan fingerprint density at radius 3 is 2.78 bits per heavy atom. The van der Waals surface area contributed by atoms with Crippen LogP contribution in [-0.2, 0) is 16.6 Å². The van der Waals surface area contributed by atoms with E-state index in [4.69, 9.17) is 0 Å². The Bertz CT molecular complexity index is 652. The molecule has 0 aliphatic carbocycles. The summed E-state index contributed by atoms with van der Waals surface area (Å²) in [5.74, 6) is 0.317. The molecule has 7 heteroatoms. The molecule has 0 aliphatic heterocycles. The van der Waals surface area contributed by atoms with Crippen LogP contribution in [0.2, 0.25) is 0 Å². The van der Waals surface area contributed by atoms with Crippen LogP contribution in [0.4, 0.5) is 5.82 Å². The van der Waals surface area contributed by atoms with Gasteiger partial charge in [0, 0.05) is 23.3 Å². The molecule has 18 heavy (non-hydrogen) atoms. The number of sulfonamides is 1. The smallest absolute Gasteiger partial charge is 0.263 e. The quantitative estimate of drug-likeness (QED) is 0.937. The lowest BCUT2D eigenvalue weighted by atomic mass is 10.4. The van der Waals surface area contributed by atoms with Crippen LogP contribution in [0.3, 0.4) is 0 Å². The summed E-state index contributed by atoms with van der Waals surface area (Å²) in [6, 6.07) is 8.14. The second kappa shape index (κ2) is 5.11. The van der Waals surface area contributed by atoms with Gasteiger partial charge in [-0.25, -0.2) is 8.42 Å². The average Bonchev–Trinajstić information content (AvgIpc) is 2.76. The van der Waals surface area contributed by atoms with Gasteiger partial charge >= 0.3 is 0 Å². The van der Waals surface area contributed by atoms with Crippen LogP contribution in [0.1, 0.15) is 6.92 Å². The standard InChI is InChI=1S/C11H12BrN3O2S/c1-2-15-7-6-11(13-15)14-18(16,17)10-5-3-4-9(12)8-10/h3-8H,2H2,1H3,(H,13,14). The summed E-state index contributed by atoms with van der Waals surface area (Å²) < 4.78 is 28.9. The topological polar surface area (TPSA) is 64.0 Å². The third-order valence-electron chi connectivity index (χ3n) is 2.31. The van der Waals surface area contributed by atoms with Crippen molar-refractivity contribution in [3.8, 4) is 0 Å². The Morgan fingerprint density at radius 1 is 1.39 bits per heavy atom. The van der Waals surface area contributed by atoms with E-state index < -0.39 is 10.0 Å². The van der Waals surface area contributed by atoms with Gasteiger partial charge in [0.25, 0.3) is 10.0 Å². The van der Waals surface area contributed by atoms with Gasteiger partial charge in [-0.1, -0.05) is 22.0 Å². The number of hydrogen-bond donors (Lipinski definition) is 1. The highest BCUT2D eigenvalue weighted by molar-refractivity contribution is 9.10. The van der Waals surface area contributed by atoms with Gasteiger partial charge in [-0.15, -0.1) is 0 Å². The molecular formula is C11H12BrN3O2S. The maximum atomic E-state index is 12.1. The molecule has 2 aromatic rings. The number of nitrogens with zero attached hydrogens (tertiary/aromatic N) is 2. The highest BCUT2D eigenvalue weighted by Gasteiger charge is 2.15. The first-order chi connectivity index (χ1) is 8.51. The van der Waals surface area contributed by atoms with Crippen molar-refractivity contribution in [1.82, 2.24) is 9.78 Å². The molecular weight excluding hydrogens is 318 g/mol. The summed E-state index contributed by atoms with van der Waals surface area (Å²) in [4.78, 5) is 0.197. The molecule has 0 bridgehead atoms. The molecule has 0 saturated carbocycles. The lowest BCUT2D eigenvalue weighted by Gasteiger charge is -2.05. The Labute approximate surface area is 114 Å². The van der Waals surface area contributed by atoms with Gasteiger partial charge in [-0.3, -0.25) is 9.40 Å². The third-order valence-corrected chi connectivity index (χ3v) is 4.16. The predicted octanol–water partition coefficient (Wildman–Crippen LogP) is 2.47. The molecule has 1 aromatic heterocycles. The van der Waals surface area contributed by atoms with E-state index in [9.17, 15) is 8.42 Å². The van der Waals surface area contributed by atoms with E-state index in [-0.39, 0.29) is 4.90 Å². The fourth-order valence-electron chi connectivity index (χ4n) is 1.42. The van der Waals surface area contributed by atoms with Crippen molar-refractivity contribution in [2.45, 2.75) is 18.4 Å². The van der Waals surface area contributed by atoms with Gasteiger partial charge in [0.05, 0.1) is 4.90 Å². The van der Waals surface area contributed by atoms with Crippen molar-refractivity contribution < 1.29 is 8.42 Å². The Balaban J connectivity index is 2.27. The first kappa shape index (κ1) is 13.1. The summed E-state index contributed by atoms with van der Waals surface area (Å²) >= 11 is 3.24. The zero-order valence-electron chi connectivity index (χ0n) is 9.67. The molecule has 5 nitrogen and oxygen atoms in total. The number of nitrogens with one attached hydrogen (secondary N) is 1. The van der Waals surface area contributed by atoms with Crippen LogP contribution in [0, 0.1) is 0 Å². The molecule has 0 fully saturated rings. The summed E-state index contributed by atoms with van der Waals surface area (Å²) in [5, 5.41) is 4.08. The first-order valence-electron chi connectivity index (χ1n) is 5.33. The minimum absolute atomic E-state index is 0.197. The predicted molar refractivity (Wildman–Crippen MR) is 72.9 cm³/mol. The maximum Gasteiger partial charge on any atom is 0.263 e. The van der Waals surface area contributed by atoms with Gasteiger partial charge in [0.15, 0.2) is 5.82 Å². The van der Waals surface area contributed by atoms with Crippen LogP contribution in [0.15, 0.2) is 45.9 Å². The largest absolute Gasteiger partial charge is 0.271 e. The summed E-state index contributed by atoms with van der Waals surface area (Å²) in [5.41, 5.74) is 0. The first-order valence-corrected chi connectivity index (χ1v) is 7.61. The SMILES string of the molecule is CCn1ccc(NS(=O)(=O)c2cccc(Br)c2)n1. The van der Waals surface area contributed by atoms with E-state index >= 15 is 0 Å². The average molecular weight is 330 g/mol. The normalized spacial score (nSPS) is 11.4. The van der Waals surface area contributed by atoms with Gasteiger partial charge in [-0.05, 0) is 25.1 Å². The maximum absolute atomic E-state index is 12.1. The minimum Gasteiger partial charge on any atom is -0.271 e. The van der Waals surface area contributed by atoms with E-state index in [0.29, 0.717) is 16.8 Å². The van der Waals surface area contributed by atoms with Crippen molar-refractivity contribution in [3.63, 3.8) is 0 Å². The van der Waals surface area contributed by atoms with Crippen LogP contribution in [0.5, 0.6) is 0 Å². The molecule has 0 saturated heterocycles. The molecule has 0 unspecified atom stereocenters. The second-order valence-corrected chi connectivity index (χ2v) is 6.22. The lowest BCUT2D eigenvalue weighted by Crippen LogP contribution is -2.13. The molecule has 0 amide bonds. The van der Waals surface area contributed by atoms with Crippen LogP contribution < -0.4 is 4.72 Å². The Morgan fingerprint density at radius 2 is 2.17 bits per heavy atom. The summed E-state index contributed by atoms with van der Waals surface area (Å²) in [6.45, 7) is 2.62. The van der Waals surface area contributed by atoms with Gasteiger partial charge in [0.1, 0.15) is 0 Å². The number of rotatable bonds is 4. The molecule has 96 valence electrons. The number of hydrogen-bond acceptors (Lipinski definition) is 3. The third kappa shape index (κ3) is 2.91. The van der Waals surface area contributed by atoms with Gasteiger partial charge in [0.2, 0.25) is 0 Å². The summed E-state index contributed by atoms with van der Waals surface area (Å²) in [7, 11) is -3.59. The fourth-order valence-corrected chi connectivity index (χ4v) is 3.02. The molecule has 1 aromatic carbocycles. The number of benzene rings is 1. The van der Waals surface area contributed by atoms with E-state index in [0.717, 1.165) is 0 Å². The number of aromatic nitrogens is 2. The number of anilines is 1. The van der Waals surface area contributed by atoms with Crippen molar-refractivity contribution in [3.05, 3.63) is 41.0 Å². The number of halogens is 1. The Kier molecular flexibility index (Phi) is 3.72. The molecule has 0 radical (unpaired) electrons. The van der Waals surface area contributed by atoms with Crippen molar-refractivity contribution >= 4 is 31.8 Å². The van der Waals surface area contributed by atoms with E-state index in [2.05, 4.69) is 25.8 Å². The van der Waals surface area contributed by atoms with Gasteiger partial charge < -0.3 is 0 Å². The van der Waals surface area contributed by atoms with Crippen molar-refractivity contribution in [2.75, 3.05) is 4.72 Å². The summed E-state index contributed by atoms with van der Waals surface area (Å²) in [6.07, 6.45) is 1.72. The van der Waals surface area contributed by atoms with E-state index in [1.54, 1.807) is 35.1 Å². The molecule has 1 N–H and O–H groups in total. The molecule has 1 heterocycles. The van der Waals surface area contributed by atoms with Crippen LogP contribution in [-0.4, -0.2) is 18.2 Å². The zero-order chi connectivity index (χ0) is 13.2. The van der Waals surface area contributed by atoms with Crippen molar-refractivity contribution in [2.24, 2.45) is 0 Å². The molecule has 0 spiro atoms. The monoisotopic (exact) mass is 329 g/mol. The second-order valence-electron chi connectivity index (χ2n) is 3.62. The van der Waals surface area contributed by atoms with Crippen molar-refractivity contribution in [1.29, 1.82) is 0 Å². The highest BCUT2D eigenvalue weighted by Crippen LogP contribution is 2.18. The lowest BCUT2D eigenvalue weighted by molar-refractivity contribution is 0.600. The Hall–Kier alpha value is -1.34. The fraction of sp³-hybridized carbons (Fsp3) is 0.182. The number of aryl methyl sites for hydroxylation is 1. The molecule has 0 atom stereocenters. The minimum atomic E-state index is -3.59. The molecule has 0 aliphatic rings. The zero-order valence-corrected chi connectivity index (χ0v) is 12.1. The van der Waals surface area contributed by atoms with E-state index in [1.165, 1.54) is 6.07 Å². The molecule has 2 rings (SSSR count). The van der Waals surface area contributed by atoms with E-state index in [1.807, 2.05) is 6.92 Å².